The number of Topliss-reactive ketones (excluding diaryl/α,β-unsaturated/α-hetero) is 1. The van der Waals surface area contributed by atoms with Gasteiger partial charge in [-0.1, -0.05) is 42.1 Å². The van der Waals surface area contributed by atoms with Crippen molar-refractivity contribution in [1.82, 2.24) is 4.90 Å². The molecule has 2 aliphatic rings. The van der Waals surface area contributed by atoms with Crippen molar-refractivity contribution in [2.24, 2.45) is 4.99 Å². The zero-order chi connectivity index (χ0) is 18.0. The van der Waals surface area contributed by atoms with Crippen LogP contribution in [0, 0.1) is 0 Å². The van der Waals surface area contributed by atoms with E-state index in [1.54, 1.807) is 0 Å². The van der Waals surface area contributed by atoms with Crippen molar-refractivity contribution < 1.29 is 24.2 Å². The van der Waals surface area contributed by atoms with Crippen LogP contribution in [0.15, 0.2) is 35.3 Å². The van der Waals surface area contributed by atoms with Crippen molar-refractivity contribution in [2.45, 2.75) is 43.6 Å². The van der Waals surface area contributed by atoms with Crippen LogP contribution in [0.2, 0.25) is 0 Å². The van der Waals surface area contributed by atoms with Gasteiger partial charge in [-0.3, -0.25) is 14.7 Å². The summed E-state index contributed by atoms with van der Waals surface area (Å²) < 4.78 is 11.8. The molecular weight excluding hydrogens is 344 g/mol. The Kier molecular flexibility index (Phi) is 5.41. The average Bonchev–Trinajstić information content (AvgIpc) is 3.01. The highest BCUT2D eigenvalue weighted by atomic mass is 32.2. The molecule has 2 aliphatic heterocycles. The van der Waals surface area contributed by atoms with E-state index in [2.05, 4.69) is 4.99 Å². The highest BCUT2D eigenvalue weighted by molar-refractivity contribution is 8.14. The molecule has 1 N–H and O–H groups in total. The van der Waals surface area contributed by atoms with Crippen molar-refractivity contribution in [3.63, 3.8) is 0 Å². The first-order chi connectivity index (χ1) is 12.0. The standard InChI is InChI=1S/C17H20N2O5S/c1-10(20)14-13(23-9-11-6-4-3-5-7-11)8-12-15(24-14)25-16(18-12)19(2)17(21)22/h3-7,12-15H,8-9H2,1-2H3,(H,21,22)/t12-,13+,14-,15-/m1/s1. The maximum atomic E-state index is 12.0. The van der Waals surface area contributed by atoms with Gasteiger partial charge in [0.2, 0.25) is 0 Å². The summed E-state index contributed by atoms with van der Waals surface area (Å²) in [5.41, 5.74) is 0.657. The number of thioether (sulfide) groups is 1. The smallest absolute Gasteiger partial charge is 0.413 e. The van der Waals surface area contributed by atoms with Crippen LogP contribution >= 0.6 is 11.8 Å². The number of nitrogens with zero attached hydrogens (tertiary/aromatic N) is 2. The number of ether oxygens (including phenoxy) is 2. The van der Waals surface area contributed by atoms with Crippen molar-refractivity contribution in [3.8, 4) is 0 Å². The van der Waals surface area contributed by atoms with E-state index in [1.807, 2.05) is 30.3 Å². The van der Waals surface area contributed by atoms with Gasteiger partial charge in [0.05, 0.1) is 18.8 Å². The molecule has 0 unspecified atom stereocenters. The summed E-state index contributed by atoms with van der Waals surface area (Å²) in [4.78, 5) is 28.6. The Morgan fingerprint density at radius 2 is 2.12 bits per heavy atom. The number of benzene rings is 1. The minimum Gasteiger partial charge on any atom is -0.465 e. The van der Waals surface area contributed by atoms with Crippen LogP contribution in [0.5, 0.6) is 0 Å². The van der Waals surface area contributed by atoms with Crippen LogP contribution < -0.4 is 0 Å². The largest absolute Gasteiger partial charge is 0.465 e. The minimum atomic E-state index is -1.08. The lowest BCUT2D eigenvalue weighted by Crippen LogP contribution is -2.48. The van der Waals surface area contributed by atoms with E-state index >= 15 is 0 Å². The first kappa shape index (κ1) is 17.9. The molecule has 7 nitrogen and oxygen atoms in total. The van der Waals surface area contributed by atoms with Crippen LogP contribution in [-0.4, -0.2) is 57.8 Å². The Morgan fingerprint density at radius 3 is 2.76 bits per heavy atom. The first-order valence-electron chi connectivity index (χ1n) is 7.98. The van der Waals surface area contributed by atoms with Gasteiger partial charge in [-0.2, -0.15) is 0 Å². The van der Waals surface area contributed by atoms with E-state index in [4.69, 9.17) is 14.6 Å². The van der Waals surface area contributed by atoms with Crippen LogP contribution in [0.4, 0.5) is 4.79 Å². The van der Waals surface area contributed by atoms with E-state index in [0.29, 0.717) is 18.2 Å². The maximum Gasteiger partial charge on any atom is 0.413 e. The van der Waals surface area contributed by atoms with Crippen molar-refractivity contribution >= 4 is 28.8 Å². The zero-order valence-electron chi connectivity index (χ0n) is 14.0. The number of carbonyl (C=O) groups is 2. The van der Waals surface area contributed by atoms with Gasteiger partial charge in [0.1, 0.15) is 11.5 Å². The summed E-state index contributed by atoms with van der Waals surface area (Å²) in [6.07, 6.45) is -1.63. The topological polar surface area (TPSA) is 88.4 Å². The predicted molar refractivity (Wildman–Crippen MR) is 93.6 cm³/mol. The molecule has 8 heteroatoms. The molecule has 0 saturated carbocycles. The molecule has 0 spiro atoms. The summed E-state index contributed by atoms with van der Waals surface area (Å²) in [5.74, 6) is -0.0999. The molecule has 1 amide bonds. The molecule has 0 radical (unpaired) electrons. The molecule has 1 aromatic rings. The molecule has 3 rings (SSSR count). The second-order valence-electron chi connectivity index (χ2n) is 6.04. The third-order valence-electron chi connectivity index (χ3n) is 4.19. The number of hydrogen-bond donors (Lipinski definition) is 1. The number of carboxylic acid groups (broad SMARTS) is 1. The van der Waals surface area contributed by atoms with E-state index in [9.17, 15) is 9.59 Å². The minimum absolute atomic E-state index is 0.0999. The Hall–Kier alpha value is -1.90. The number of hydrogen-bond acceptors (Lipinski definition) is 6. The number of aliphatic imine (C=N–C) groups is 1. The van der Waals surface area contributed by atoms with Crippen LogP contribution in [0.3, 0.4) is 0 Å². The van der Waals surface area contributed by atoms with Gasteiger partial charge in [0.25, 0.3) is 0 Å². The molecular formula is C17H20N2O5S. The molecule has 1 saturated heterocycles. The Morgan fingerprint density at radius 1 is 1.40 bits per heavy atom. The summed E-state index contributed by atoms with van der Waals surface area (Å²) in [6.45, 7) is 1.86. The number of fused-ring (bicyclic) bond motifs is 1. The van der Waals surface area contributed by atoms with E-state index in [0.717, 1.165) is 10.5 Å². The molecule has 0 aliphatic carbocycles. The summed E-state index contributed by atoms with van der Waals surface area (Å²) in [6, 6.07) is 9.48. The monoisotopic (exact) mass is 364 g/mol. The summed E-state index contributed by atoms with van der Waals surface area (Å²) >= 11 is 1.23. The number of carbonyl (C=O) groups excluding carboxylic acids is 1. The first-order valence-corrected chi connectivity index (χ1v) is 8.86. The van der Waals surface area contributed by atoms with Gasteiger partial charge in [-0.15, -0.1) is 0 Å². The fraction of sp³-hybridized carbons (Fsp3) is 0.471. The van der Waals surface area contributed by atoms with Crippen LogP contribution in [0.1, 0.15) is 18.9 Å². The fourth-order valence-corrected chi connectivity index (χ4v) is 3.97. The summed E-state index contributed by atoms with van der Waals surface area (Å²) in [7, 11) is 1.44. The third kappa shape index (κ3) is 4.02. The van der Waals surface area contributed by atoms with Gasteiger partial charge < -0.3 is 14.6 Å². The lowest BCUT2D eigenvalue weighted by atomic mass is 9.99. The van der Waals surface area contributed by atoms with Crippen molar-refractivity contribution in [3.05, 3.63) is 35.9 Å². The number of amidine groups is 1. The molecule has 0 aromatic heterocycles. The van der Waals surface area contributed by atoms with Crippen molar-refractivity contribution in [1.29, 1.82) is 0 Å². The van der Waals surface area contributed by atoms with E-state index < -0.39 is 18.3 Å². The molecule has 2 heterocycles. The molecule has 4 atom stereocenters. The highest BCUT2D eigenvalue weighted by Crippen LogP contribution is 2.38. The van der Waals surface area contributed by atoms with E-state index in [-0.39, 0.29) is 17.3 Å². The molecule has 1 aromatic carbocycles. The second-order valence-corrected chi connectivity index (χ2v) is 7.11. The number of rotatable bonds is 4. The van der Waals surface area contributed by atoms with Gasteiger partial charge in [0, 0.05) is 13.5 Å². The molecule has 134 valence electrons. The van der Waals surface area contributed by atoms with Gasteiger partial charge in [0.15, 0.2) is 11.0 Å². The molecule has 0 bridgehead atoms. The van der Waals surface area contributed by atoms with Crippen LogP contribution in [-0.2, 0) is 20.9 Å². The van der Waals surface area contributed by atoms with Gasteiger partial charge in [-0.05, 0) is 12.5 Å². The number of amides is 1. The number of ketones is 1. The van der Waals surface area contributed by atoms with Gasteiger partial charge in [-0.25, -0.2) is 4.79 Å². The lowest BCUT2D eigenvalue weighted by Gasteiger charge is -2.35. The third-order valence-corrected chi connectivity index (χ3v) is 5.43. The van der Waals surface area contributed by atoms with Gasteiger partial charge >= 0.3 is 6.09 Å². The fourth-order valence-electron chi connectivity index (χ4n) is 2.83. The predicted octanol–water partition coefficient (Wildman–Crippen LogP) is 2.36. The average molecular weight is 364 g/mol. The molecule has 1 fully saturated rings. The highest BCUT2D eigenvalue weighted by Gasteiger charge is 2.45. The SMILES string of the molecule is CC(=O)[C@H]1O[C@@H]2SC(N(C)C(=O)O)=N[C@@H]2C[C@@H]1OCc1ccccc1. The van der Waals surface area contributed by atoms with Crippen LogP contribution in [0.25, 0.3) is 0 Å². The zero-order valence-corrected chi connectivity index (χ0v) is 14.8. The maximum absolute atomic E-state index is 12.0. The Labute approximate surface area is 150 Å². The Balaban J connectivity index is 1.69. The van der Waals surface area contributed by atoms with Crippen molar-refractivity contribution in [2.75, 3.05) is 7.05 Å². The quantitative estimate of drug-likeness (QED) is 0.882. The Bertz CT molecular complexity index is 681. The lowest BCUT2D eigenvalue weighted by molar-refractivity contribution is -0.155. The van der Waals surface area contributed by atoms with E-state index in [1.165, 1.54) is 25.7 Å². The normalized spacial score (nSPS) is 28.2. The molecule has 25 heavy (non-hydrogen) atoms. The second kappa shape index (κ2) is 7.55. The summed E-state index contributed by atoms with van der Waals surface area (Å²) in [5, 5.41) is 9.47.